The molecule has 1 aromatic rings. The average Bonchev–Trinajstić information content (AvgIpc) is 2.29. The van der Waals surface area contributed by atoms with Gasteiger partial charge in [-0.25, -0.2) is 18.6 Å². The first-order valence-corrected chi connectivity index (χ1v) is 6.53. The Balaban J connectivity index is 3.06. The van der Waals surface area contributed by atoms with Gasteiger partial charge in [0.15, 0.2) is 5.11 Å². The van der Waals surface area contributed by atoms with Gasteiger partial charge in [0.25, 0.3) is 0 Å². The smallest absolute Gasteiger partial charge is 0.242 e. The number of rotatable bonds is 3. The summed E-state index contributed by atoms with van der Waals surface area (Å²) in [6, 6.07) is 6.31. The van der Waals surface area contributed by atoms with E-state index in [1.165, 1.54) is 26.2 Å². The van der Waals surface area contributed by atoms with Gasteiger partial charge in [0.05, 0.1) is 4.90 Å². The van der Waals surface area contributed by atoms with Crippen LogP contribution in [0.4, 0.5) is 5.69 Å². The van der Waals surface area contributed by atoms with Gasteiger partial charge in [-0.2, -0.15) is 0 Å². The van der Waals surface area contributed by atoms with Crippen LogP contribution in [0.1, 0.15) is 0 Å². The molecular formula is C9H14N4O2S2. The molecule has 0 bridgehead atoms. The molecule has 0 radical (unpaired) electrons. The second-order valence-electron chi connectivity index (χ2n) is 3.41. The number of hydrogen-bond acceptors (Lipinski definition) is 4. The van der Waals surface area contributed by atoms with Gasteiger partial charge in [-0.15, -0.1) is 0 Å². The molecule has 0 amide bonds. The number of nitrogens with one attached hydrogen (secondary N) is 2. The highest BCUT2D eigenvalue weighted by Gasteiger charge is 2.17. The fourth-order valence-corrected chi connectivity index (χ4v) is 2.18. The van der Waals surface area contributed by atoms with Crippen molar-refractivity contribution in [3.05, 3.63) is 24.3 Å². The van der Waals surface area contributed by atoms with E-state index in [0.29, 0.717) is 5.69 Å². The molecule has 0 saturated carbocycles. The van der Waals surface area contributed by atoms with Crippen molar-refractivity contribution in [2.45, 2.75) is 4.90 Å². The number of sulfonamides is 1. The van der Waals surface area contributed by atoms with Crippen LogP contribution < -0.4 is 16.6 Å². The molecule has 0 unspecified atom stereocenters. The molecule has 1 rings (SSSR count). The largest absolute Gasteiger partial charge is 0.332 e. The first kappa shape index (κ1) is 13.8. The Labute approximate surface area is 106 Å². The van der Waals surface area contributed by atoms with Gasteiger partial charge >= 0.3 is 0 Å². The third-order valence-corrected chi connectivity index (χ3v) is 4.03. The molecule has 0 aliphatic rings. The standard InChI is InChI=1S/C9H14N4O2S2/c1-13(2)17(14,15)8-5-3-4-7(6-8)11-9(16)12-10/h3-6H,10H2,1-2H3,(H2,11,12,16). The zero-order chi connectivity index (χ0) is 13.1. The molecule has 94 valence electrons. The number of benzene rings is 1. The van der Waals surface area contributed by atoms with Crippen molar-refractivity contribution in [2.24, 2.45) is 5.84 Å². The second-order valence-corrected chi connectivity index (χ2v) is 5.97. The highest BCUT2D eigenvalue weighted by Crippen LogP contribution is 2.17. The molecule has 0 atom stereocenters. The van der Waals surface area contributed by atoms with E-state index in [0.717, 1.165) is 4.31 Å². The Kier molecular flexibility index (Phi) is 4.40. The maximum absolute atomic E-state index is 11.9. The molecule has 0 aliphatic heterocycles. The summed E-state index contributed by atoms with van der Waals surface area (Å²) in [6.07, 6.45) is 0. The quantitative estimate of drug-likeness (QED) is 0.411. The molecule has 0 aromatic heterocycles. The first-order chi connectivity index (χ1) is 7.87. The lowest BCUT2D eigenvalue weighted by Gasteiger charge is -2.13. The molecule has 6 nitrogen and oxygen atoms in total. The van der Waals surface area contributed by atoms with Crippen LogP contribution in [0.3, 0.4) is 0 Å². The molecule has 1 aromatic carbocycles. The Bertz CT molecular complexity index is 513. The van der Waals surface area contributed by atoms with Crippen LogP contribution in [0.25, 0.3) is 0 Å². The van der Waals surface area contributed by atoms with Gasteiger partial charge in [-0.1, -0.05) is 6.07 Å². The minimum atomic E-state index is -3.44. The molecule has 0 spiro atoms. The number of anilines is 1. The number of hydrogen-bond donors (Lipinski definition) is 3. The summed E-state index contributed by atoms with van der Waals surface area (Å²) in [7, 11) is -0.496. The van der Waals surface area contributed by atoms with Crippen molar-refractivity contribution in [1.29, 1.82) is 0 Å². The Morgan fingerprint density at radius 1 is 1.41 bits per heavy atom. The predicted octanol–water partition coefficient (Wildman–Crippen LogP) is 0.0970. The third kappa shape index (κ3) is 3.37. The fraction of sp³-hybridized carbons (Fsp3) is 0.222. The highest BCUT2D eigenvalue weighted by molar-refractivity contribution is 7.89. The van der Waals surface area contributed by atoms with Gasteiger partial charge in [-0.3, -0.25) is 0 Å². The Hall–Kier alpha value is -1.22. The van der Waals surface area contributed by atoms with E-state index in [1.807, 2.05) is 0 Å². The lowest BCUT2D eigenvalue weighted by molar-refractivity contribution is 0.521. The summed E-state index contributed by atoms with van der Waals surface area (Å²) in [4.78, 5) is 0.187. The average molecular weight is 274 g/mol. The Morgan fingerprint density at radius 3 is 2.59 bits per heavy atom. The molecule has 8 heteroatoms. The second kappa shape index (κ2) is 5.41. The monoisotopic (exact) mass is 274 g/mol. The van der Waals surface area contributed by atoms with Crippen molar-refractivity contribution in [3.63, 3.8) is 0 Å². The molecule has 0 heterocycles. The van der Waals surface area contributed by atoms with Crippen molar-refractivity contribution in [1.82, 2.24) is 9.73 Å². The minimum absolute atomic E-state index is 0.187. The van der Waals surface area contributed by atoms with Crippen LogP contribution >= 0.6 is 12.2 Å². The van der Waals surface area contributed by atoms with E-state index < -0.39 is 10.0 Å². The molecule has 0 aliphatic carbocycles. The van der Waals surface area contributed by atoms with Gasteiger partial charge in [0.2, 0.25) is 10.0 Å². The van der Waals surface area contributed by atoms with Crippen molar-refractivity contribution in [2.75, 3.05) is 19.4 Å². The van der Waals surface area contributed by atoms with E-state index in [2.05, 4.69) is 10.7 Å². The summed E-state index contributed by atoms with van der Waals surface area (Å²) in [5.41, 5.74) is 2.81. The van der Waals surface area contributed by atoms with E-state index in [1.54, 1.807) is 12.1 Å². The van der Waals surface area contributed by atoms with Crippen LogP contribution in [0.2, 0.25) is 0 Å². The van der Waals surface area contributed by atoms with E-state index in [9.17, 15) is 8.42 Å². The summed E-state index contributed by atoms with van der Waals surface area (Å²) in [5, 5.41) is 2.97. The third-order valence-electron chi connectivity index (χ3n) is 2.00. The van der Waals surface area contributed by atoms with Crippen molar-refractivity contribution < 1.29 is 8.42 Å². The highest BCUT2D eigenvalue weighted by atomic mass is 32.2. The maximum Gasteiger partial charge on any atom is 0.242 e. The number of nitrogens with zero attached hydrogens (tertiary/aromatic N) is 1. The van der Waals surface area contributed by atoms with Crippen molar-refractivity contribution in [3.8, 4) is 0 Å². The van der Waals surface area contributed by atoms with Crippen LogP contribution in [0.15, 0.2) is 29.2 Å². The topological polar surface area (TPSA) is 87.5 Å². The summed E-state index contributed by atoms with van der Waals surface area (Å²) in [5.74, 6) is 5.11. The SMILES string of the molecule is CN(C)S(=O)(=O)c1cccc(NC(=S)NN)c1. The Morgan fingerprint density at radius 2 is 2.06 bits per heavy atom. The van der Waals surface area contributed by atoms with Gasteiger partial charge < -0.3 is 10.7 Å². The molecule has 0 fully saturated rings. The molecule has 17 heavy (non-hydrogen) atoms. The molecular weight excluding hydrogens is 260 g/mol. The van der Waals surface area contributed by atoms with E-state index in [4.69, 9.17) is 18.1 Å². The summed E-state index contributed by atoms with van der Waals surface area (Å²) >= 11 is 4.82. The zero-order valence-electron chi connectivity index (χ0n) is 9.47. The number of thiocarbonyl (C=S) groups is 1. The van der Waals surface area contributed by atoms with Crippen molar-refractivity contribution >= 4 is 33.0 Å². The minimum Gasteiger partial charge on any atom is -0.332 e. The van der Waals surface area contributed by atoms with Gasteiger partial charge in [0, 0.05) is 19.8 Å². The normalized spacial score (nSPS) is 11.3. The fourth-order valence-electron chi connectivity index (χ4n) is 1.11. The van der Waals surface area contributed by atoms with Gasteiger partial charge in [-0.05, 0) is 30.4 Å². The van der Waals surface area contributed by atoms with E-state index in [-0.39, 0.29) is 10.0 Å². The van der Waals surface area contributed by atoms with Gasteiger partial charge in [0.1, 0.15) is 0 Å². The summed E-state index contributed by atoms with van der Waals surface area (Å²) < 4.78 is 24.9. The van der Waals surface area contributed by atoms with Crippen LogP contribution in [-0.2, 0) is 10.0 Å². The number of hydrazine groups is 1. The van der Waals surface area contributed by atoms with E-state index >= 15 is 0 Å². The van der Waals surface area contributed by atoms with Crippen LogP contribution in [-0.4, -0.2) is 31.9 Å². The first-order valence-electron chi connectivity index (χ1n) is 4.68. The lowest BCUT2D eigenvalue weighted by atomic mass is 10.3. The molecule has 0 saturated heterocycles. The van der Waals surface area contributed by atoms with Crippen LogP contribution in [0, 0.1) is 0 Å². The summed E-state index contributed by atoms with van der Waals surface area (Å²) in [6.45, 7) is 0. The van der Waals surface area contributed by atoms with Crippen LogP contribution in [0.5, 0.6) is 0 Å². The zero-order valence-corrected chi connectivity index (χ0v) is 11.1. The predicted molar refractivity (Wildman–Crippen MR) is 70.9 cm³/mol. The lowest BCUT2D eigenvalue weighted by Crippen LogP contribution is -2.34. The molecule has 4 N–H and O–H groups in total. The maximum atomic E-state index is 11.9. The number of nitrogens with two attached hydrogens (primary N) is 1.